The maximum Gasteiger partial charge on any atom is 0.332 e. The Labute approximate surface area is 228 Å². The number of amides is 2. The highest BCUT2D eigenvalue weighted by Gasteiger charge is 2.43. The van der Waals surface area contributed by atoms with Gasteiger partial charge in [-0.05, 0) is 38.8 Å². The number of phenols is 1. The van der Waals surface area contributed by atoms with Crippen LogP contribution in [0.1, 0.15) is 89.4 Å². The third-order valence-corrected chi connectivity index (χ3v) is 6.61. The van der Waals surface area contributed by atoms with E-state index in [2.05, 4.69) is 17.6 Å². The molecule has 1 aliphatic heterocycles. The van der Waals surface area contributed by atoms with Crippen molar-refractivity contribution < 1.29 is 43.3 Å². The van der Waals surface area contributed by atoms with Crippen molar-refractivity contribution in [3.8, 4) is 5.75 Å². The maximum absolute atomic E-state index is 13.3. The average Bonchev–Trinajstić information content (AvgIpc) is 2.91. The fourth-order valence-electron chi connectivity index (χ4n) is 4.38. The Morgan fingerprint density at radius 1 is 1.00 bits per heavy atom. The van der Waals surface area contributed by atoms with Gasteiger partial charge in [0.05, 0.1) is 11.5 Å². The first-order valence-electron chi connectivity index (χ1n) is 13.6. The number of anilines is 1. The first-order chi connectivity index (χ1) is 18.6. The van der Waals surface area contributed by atoms with E-state index in [4.69, 9.17) is 14.2 Å². The van der Waals surface area contributed by atoms with Gasteiger partial charge in [-0.25, -0.2) is 4.79 Å². The lowest BCUT2D eigenvalue weighted by molar-refractivity contribution is -0.175. The van der Waals surface area contributed by atoms with Gasteiger partial charge in [-0.2, -0.15) is 0 Å². The molecule has 1 heterocycles. The van der Waals surface area contributed by atoms with Crippen molar-refractivity contribution in [1.29, 1.82) is 0 Å². The standard InChI is InChI=1S/C28H40N2O9/c1-5-7-9-10-12-23(33)39-25-18(4)38-28(36)24(17(3)37-27(35)21(25)11-8-6-2)30-26(34)20-14-13-19(29-16-31)15-22(20)32/h13-18,21,24-25,32H,5-12H2,1-4H3,(H,29,31)(H,30,34)/t17-,18+,21-,24+,25+/m1/s1. The normalized spacial score (nSPS) is 23.3. The zero-order valence-electron chi connectivity index (χ0n) is 23.1. The van der Waals surface area contributed by atoms with Crippen molar-refractivity contribution in [2.45, 2.75) is 103 Å². The Kier molecular flexibility index (Phi) is 12.7. The summed E-state index contributed by atoms with van der Waals surface area (Å²) in [5, 5.41) is 15.1. The van der Waals surface area contributed by atoms with Gasteiger partial charge in [-0.15, -0.1) is 0 Å². The zero-order chi connectivity index (χ0) is 28.9. The summed E-state index contributed by atoms with van der Waals surface area (Å²) in [7, 11) is 0. The van der Waals surface area contributed by atoms with E-state index in [1.54, 1.807) is 6.92 Å². The molecule has 5 atom stereocenters. The molecule has 0 aliphatic carbocycles. The van der Waals surface area contributed by atoms with E-state index < -0.39 is 59.8 Å². The number of hydrogen-bond acceptors (Lipinski definition) is 9. The van der Waals surface area contributed by atoms with Crippen molar-refractivity contribution in [3.05, 3.63) is 23.8 Å². The smallest absolute Gasteiger partial charge is 0.332 e. The molecule has 3 N–H and O–H groups in total. The fraction of sp³-hybridized carbons (Fsp3) is 0.607. The molecule has 216 valence electrons. The lowest BCUT2D eigenvalue weighted by Crippen LogP contribution is -2.50. The van der Waals surface area contributed by atoms with Crippen molar-refractivity contribution in [2.24, 2.45) is 5.92 Å². The van der Waals surface area contributed by atoms with Gasteiger partial charge in [0.2, 0.25) is 6.41 Å². The van der Waals surface area contributed by atoms with E-state index >= 15 is 0 Å². The van der Waals surface area contributed by atoms with E-state index in [0.29, 0.717) is 25.7 Å². The molecule has 11 heteroatoms. The van der Waals surface area contributed by atoms with Crippen LogP contribution in [-0.2, 0) is 33.4 Å². The van der Waals surface area contributed by atoms with E-state index in [0.717, 1.165) is 25.7 Å². The molecule has 0 unspecified atom stereocenters. The number of hydrogen-bond donors (Lipinski definition) is 3. The summed E-state index contributed by atoms with van der Waals surface area (Å²) in [5.74, 6) is -4.12. The van der Waals surface area contributed by atoms with Crippen molar-refractivity contribution in [2.75, 3.05) is 5.32 Å². The number of unbranched alkanes of at least 4 members (excludes halogenated alkanes) is 4. The predicted octanol–water partition coefficient (Wildman–Crippen LogP) is 3.62. The molecule has 2 rings (SSSR count). The van der Waals surface area contributed by atoms with E-state index in [-0.39, 0.29) is 17.7 Å². The van der Waals surface area contributed by atoms with Crippen LogP contribution >= 0.6 is 0 Å². The van der Waals surface area contributed by atoms with Gasteiger partial charge in [0.25, 0.3) is 5.91 Å². The molecular formula is C28H40N2O9. The van der Waals surface area contributed by atoms with Crippen LogP contribution in [0.15, 0.2) is 18.2 Å². The minimum absolute atomic E-state index is 0.165. The van der Waals surface area contributed by atoms with Crippen LogP contribution in [0.25, 0.3) is 0 Å². The Morgan fingerprint density at radius 3 is 2.33 bits per heavy atom. The fourth-order valence-corrected chi connectivity index (χ4v) is 4.38. The lowest BCUT2D eigenvalue weighted by Gasteiger charge is -2.29. The minimum atomic E-state index is -1.40. The van der Waals surface area contributed by atoms with E-state index in [9.17, 15) is 29.1 Å². The van der Waals surface area contributed by atoms with E-state index in [1.165, 1.54) is 25.1 Å². The second-order valence-corrected chi connectivity index (χ2v) is 9.74. The lowest BCUT2D eigenvalue weighted by atomic mass is 9.92. The van der Waals surface area contributed by atoms with Gasteiger partial charge in [0, 0.05) is 18.2 Å². The largest absolute Gasteiger partial charge is 0.507 e. The number of carbonyl (C=O) groups excluding carboxylic acids is 5. The van der Waals surface area contributed by atoms with Crippen molar-refractivity contribution >= 4 is 35.9 Å². The summed E-state index contributed by atoms with van der Waals surface area (Å²) in [4.78, 5) is 62.6. The van der Waals surface area contributed by atoms with Gasteiger partial charge in [-0.3, -0.25) is 19.2 Å². The molecule has 39 heavy (non-hydrogen) atoms. The Morgan fingerprint density at radius 2 is 1.69 bits per heavy atom. The number of carbonyl (C=O) groups is 5. The second-order valence-electron chi connectivity index (χ2n) is 9.74. The molecule has 0 spiro atoms. The highest BCUT2D eigenvalue weighted by atomic mass is 16.6. The number of phenolic OH excluding ortho intramolecular Hbond substituents is 1. The first kappa shape index (κ1) is 31.6. The Bertz CT molecular complexity index is 1010. The third-order valence-electron chi connectivity index (χ3n) is 6.61. The third kappa shape index (κ3) is 9.26. The van der Waals surface area contributed by atoms with Gasteiger partial charge < -0.3 is 30.0 Å². The van der Waals surface area contributed by atoms with Crippen molar-refractivity contribution in [1.82, 2.24) is 5.32 Å². The number of cyclic esters (lactones) is 2. The quantitative estimate of drug-likeness (QED) is 0.145. The summed E-state index contributed by atoms with van der Waals surface area (Å²) in [6, 6.07) is 2.45. The van der Waals surface area contributed by atoms with Gasteiger partial charge in [-0.1, -0.05) is 46.0 Å². The molecule has 1 aromatic carbocycles. The first-order valence-corrected chi connectivity index (χ1v) is 13.6. The molecule has 0 bridgehead atoms. The second kappa shape index (κ2) is 15.7. The average molecular weight is 549 g/mol. The number of rotatable bonds is 13. The molecule has 1 saturated heterocycles. The molecule has 1 aromatic rings. The van der Waals surface area contributed by atoms with Crippen LogP contribution in [0, 0.1) is 5.92 Å². The number of esters is 3. The highest BCUT2D eigenvalue weighted by molar-refractivity contribution is 5.99. The molecule has 11 nitrogen and oxygen atoms in total. The van der Waals surface area contributed by atoms with Crippen LogP contribution in [0.4, 0.5) is 5.69 Å². The summed E-state index contributed by atoms with van der Waals surface area (Å²) in [5.41, 5.74) is 0.0995. The summed E-state index contributed by atoms with van der Waals surface area (Å²) < 4.78 is 16.9. The van der Waals surface area contributed by atoms with Gasteiger partial charge in [0.15, 0.2) is 12.1 Å². The molecule has 2 amide bonds. The predicted molar refractivity (Wildman–Crippen MR) is 142 cm³/mol. The monoisotopic (exact) mass is 548 g/mol. The minimum Gasteiger partial charge on any atom is -0.507 e. The molecule has 0 aromatic heterocycles. The van der Waals surface area contributed by atoms with Crippen LogP contribution in [0.3, 0.4) is 0 Å². The van der Waals surface area contributed by atoms with Crippen LogP contribution < -0.4 is 10.6 Å². The number of nitrogens with one attached hydrogen (secondary N) is 2. The van der Waals surface area contributed by atoms with Crippen LogP contribution in [-0.4, -0.2) is 59.7 Å². The maximum atomic E-state index is 13.3. The van der Waals surface area contributed by atoms with Gasteiger partial charge in [0.1, 0.15) is 18.0 Å². The summed E-state index contributed by atoms with van der Waals surface area (Å²) >= 11 is 0. The van der Waals surface area contributed by atoms with Crippen LogP contribution in [0.5, 0.6) is 5.75 Å². The molecule has 0 saturated carbocycles. The van der Waals surface area contributed by atoms with Gasteiger partial charge >= 0.3 is 17.9 Å². The summed E-state index contributed by atoms with van der Waals surface area (Å²) in [6.07, 6.45) is 2.82. The SMILES string of the molecule is CCCCCCC(=O)O[C@H]1[C@H](C)OC(=O)[C@@H](NC(=O)c2ccc(NC=O)cc2O)[C@@H](C)OC(=O)[C@@H]1CCCC. The Hall–Kier alpha value is -3.63. The van der Waals surface area contributed by atoms with E-state index in [1.807, 2.05) is 6.92 Å². The Balaban J connectivity index is 2.25. The number of benzene rings is 1. The highest BCUT2D eigenvalue weighted by Crippen LogP contribution is 2.27. The molecule has 1 fully saturated rings. The zero-order valence-corrected chi connectivity index (χ0v) is 23.1. The molecule has 1 aliphatic rings. The topological polar surface area (TPSA) is 157 Å². The molecular weight excluding hydrogens is 508 g/mol. The number of aromatic hydroxyl groups is 1. The van der Waals surface area contributed by atoms with Crippen molar-refractivity contribution in [3.63, 3.8) is 0 Å². The number of ether oxygens (including phenoxy) is 3. The summed E-state index contributed by atoms with van der Waals surface area (Å²) in [6.45, 7) is 7.02. The van der Waals surface area contributed by atoms with Crippen LogP contribution in [0.2, 0.25) is 0 Å². The molecule has 0 radical (unpaired) electrons.